The molecule has 0 heterocycles. The summed E-state index contributed by atoms with van der Waals surface area (Å²) in [6, 6.07) is 21.3. The number of rotatable bonds is 3. The predicted octanol–water partition coefficient (Wildman–Crippen LogP) is 6.70. The van der Waals surface area contributed by atoms with E-state index < -0.39 is 11.7 Å². The molecule has 0 bridgehead atoms. The summed E-state index contributed by atoms with van der Waals surface area (Å²) in [7, 11) is 0. The summed E-state index contributed by atoms with van der Waals surface area (Å²) in [6.45, 7) is 0. The van der Waals surface area contributed by atoms with E-state index in [2.05, 4.69) is 0 Å². The van der Waals surface area contributed by atoms with Crippen LogP contribution in [0.3, 0.4) is 0 Å². The highest BCUT2D eigenvalue weighted by atomic mass is 19.4. The fourth-order valence-electron chi connectivity index (χ4n) is 4.96. The number of alkyl halides is 3. The van der Waals surface area contributed by atoms with Crippen molar-refractivity contribution in [3.05, 3.63) is 95.1 Å². The number of benzene rings is 3. The molecule has 1 aliphatic rings. The van der Waals surface area contributed by atoms with Crippen molar-refractivity contribution in [1.29, 1.82) is 0 Å². The van der Waals surface area contributed by atoms with E-state index in [4.69, 9.17) is 11.5 Å². The van der Waals surface area contributed by atoms with Crippen LogP contribution in [0.2, 0.25) is 0 Å². The number of hydrogen-bond donors (Lipinski definition) is 2. The Hall–Kier alpha value is -2.95. The van der Waals surface area contributed by atoms with Crippen LogP contribution in [0.15, 0.2) is 72.8 Å². The van der Waals surface area contributed by atoms with Crippen LogP contribution < -0.4 is 11.5 Å². The molecule has 4 N–H and O–H groups in total. The molecule has 0 spiro atoms. The largest absolute Gasteiger partial charge is 0.416 e. The summed E-state index contributed by atoms with van der Waals surface area (Å²) in [6.07, 6.45) is -2.31. The minimum absolute atomic E-state index is 0.0656. The Morgan fingerprint density at radius 3 is 1.37 bits per heavy atom. The first kappa shape index (κ1) is 20.3. The van der Waals surface area contributed by atoms with Crippen molar-refractivity contribution < 1.29 is 13.2 Å². The van der Waals surface area contributed by atoms with E-state index in [1.807, 2.05) is 48.5 Å². The Morgan fingerprint density at radius 1 is 0.567 bits per heavy atom. The third-order valence-corrected chi connectivity index (χ3v) is 6.28. The lowest BCUT2D eigenvalue weighted by atomic mass is 9.67. The molecule has 0 aliphatic heterocycles. The molecule has 0 radical (unpaired) electrons. The van der Waals surface area contributed by atoms with Crippen molar-refractivity contribution >= 4 is 11.4 Å². The predicted molar refractivity (Wildman–Crippen MR) is 115 cm³/mol. The molecule has 4 rings (SSSR count). The van der Waals surface area contributed by atoms with E-state index in [9.17, 15) is 13.2 Å². The molecule has 30 heavy (non-hydrogen) atoms. The fourth-order valence-corrected chi connectivity index (χ4v) is 4.96. The third-order valence-electron chi connectivity index (χ3n) is 6.28. The van der Waals surface area contributed by atoms with Crippen molar-refractivity contribution in [3.8, 4) is 0 Å². The van der Waals surface area contributed by atoms with Crippen molar-refractivity contribution in [1.82, 2.24) is 0 Å². The maximum Gasteiger partial charge on any atom is 0.416 e. The zero-order valence-corrected chi connectivity index (χ0v) is 16.6. The zero-order chi connectivity index (χ0) is 21.3. The van der Waals surface area contributed by atoms with Crippen molar-refractivity contribution in [2.24, 2.45) is 0 Å². The minimum Gasteiger partial charge on any atom is -0.398 e. The van der Waals surface area contributed by atoms with E-state index in [0.717, 1.165) is 17.5 Å². The van der Waals surface area contributed by atoms with E-state index in [1.54, 1.807) is 12.1 Å². The van der Waals surface area contributed by atoms with Crippen LogP contribution in [0.4, 0.5) is 24.5 Å². The standard InChI is InChI=1S/C25H25F3N2/c26-25(27,28)22-10-4-1-7-19(22)16-13-17(20-8-2-5-11-23(20)29)15-18(14-16)21-9-3-6-12-24(21)30/h1-12,16-18H,13-15,29-30H2. The first-order valence-electron chi connectivity index (χ1n) is 10.2. The van der Waals surface area contributed by atoms with Gasteiger partial charge in [-0.05, 0) is 71.9 Å². The summed E-state index contributed by atoms with van der Waals surface area (Å²) in [4.78, 5) is 0. The molecule has 1 fully saturated rings. The zero-order valence-electron chi connectivity index (χ0n) is 16.6. The van der Waals surface area contributed by atoms with Crippen LogP contribution in [-0.4, -0.2) is 0 Å². The van der Waals surface area contributed by atoms with Gasteiger partial charge in [0.1, 0.15) is 0 Å². The van der Waals surface area contributed by atoms with Crippen LogP contribution in [0, 0.1) is 0 Å². The second kappa shape index (κ2) is 8.05. The van der Waals surface area contributed by atoms with Crippen LogP contribution in [0.5, 0.6) is 0 Å². The second-order valence-electron chi connectivity index (χ2n) is 8.14. The number of nitrogens with two attached hydrogens (primary N) is 2. The highest BCUT2D eigenvalue weighted by molar-refractivity contribution is 5.52. The van der Waals surface area contributed by atoms with Gasteiger partial charge in [0.2, 0.25) is 0 Å². The third kappa shape index (κ3) is 4.02. The van der Waals surface area contributed by atoms with Gasteiger partial charge in [-0.3, -0.25) is 0 Å². The van der Waals surface area contributed by atoms with Crippen molar-refractivity contribution in [3.63, 3.8) is 0 Å². The Morgan fingerprint density at radius 2 is 0.933 bits per heavy atom. The van der Waals surface area contributed by atoms with Crippen molar-refractivity contribution in [2.75, 3.05) is 11.5 Å². The molecule has 2 nitrogen and oxygen atoms in total. The average Bonchev–Trinajstić information content (AvgIpc) is 2.73. The lowest BCUT2D eigenvalue weighted by molar-refractivity contribution is -0.138. The molecular weight excluding hydrogens is 385 g/mol. The molecule has 0 aromatic heterocycles. The molecule has 2 unspecified atom stereocenters. The number of para-hydroxylation sites is 2. The number of anilines is 2. The van der Waals surface area contributed by atoms with Gasteiger partial charge in [-0.25, -0.2) is 0 Å². The van der Waals surface area contributed by atoms with Gasteiger partial charge in [0, 0.05) is 11.4 Å². The number of hydrogen-bond acceptors (Lipinski definition) is 2. The molecule has 156 valence electrons. The van der Waals surface area contributed by atoms with Crippen LogP contribution in [0.25, 0.3) is 0 Å². The van der Waals surface area contributed by atoms with Crippen LogP contribution >= 0.6 is 0 Å². The SMILES string of the molecule is Nc1ccccc1C1CC(c2ccccc2N)CC(c2ccccc2C(F)(F)F)C1. The summed E-state index contributed by atoms with van der Waals surface area (Å²) >= 11 is 0. The lowest BCUT2D eigenvalue weighted by Crippen LogP contribution is -2.23. The van der Waals surface area contributed by atoms with Crippen LogP contribution in [0.1, 0.15) is 59.3 Å². The van der Waals surface area contributed by atoms with Crippen LogP contribution in [-0.2, 0) is 6.18 Å². The lowest BCUT2D eigenvalue weighted by Gasteiger charge is -2.37. The molecule has 1 saturated carbocycles. The molecule has 0 saturated heterocycles. The average molecular weight is 410 g/mol. The number of halogens is 3. The summed E-state index contributed by atoms with van der Waals surface area (Å²) < 4.78 is 41.2. The Kier molecular flexibility index (Phi) is 5.46. The first-order chi connectivity index (χ1) is 14.3. The fraction of sp³-hybridized carbons (Fsp3) is 0.280. The molecule has 3 aromatic rings. The molecule has 0 amide bonds. The summed E-state index contributed by atoms with van der Waals surface area (Å²) in [5.74, 6) is -0.0996. The minimum atomic E-state index is -4.38. The van der Waals surface area contributed by atoms with Gasteiger partial charge >= 0.3 is 6.18 Å². The first-order valence-corrected chi connectivity index (χ1v) is 10.2. The molecule has 1 aliphatic carbocycles. The highest BCUT2D eigenvalue weighted by Crippen LogP contribution is 2.51. The highest BCUT2D eigenvalue weighted by Gasteiger charge is 2.39. The van der Waals surface area contributed by atoms with Gasteiger partial charge in [-0.1, -0.05) is 54.6 Å². The van der Waals surface area contributed by atoms with Crippen molar-refractivity contribution in [2.45, 2.75) is 43.2 Å². The van der Waals surface area contributed by atoms with Gasteiger partial charge in [0.05, 0.1) is 5.56 Å². The van der Waals surface area contributed by atoms with E-state index in [-0.39, 0.29) is 17.8 Å². The quantitative estimate of drug-likeness (QED) is 0.472. The second-order valence-corrected chi connectivity index (χ2v) is 8.14. The van der Waals surface area contributed by atoms with Gasteiger partial charge < -0.3 is 11.5 Å². The number of nitrogen functional groups attached to an aromatic ring is 2. The monoisotopic (exact) mass is 410 g/mol. The molecule has 2 atom stereocenters. The van der Waals surface area contributed by atoms with E-state index in [0.29, 0.717) is 29.8 Å². The van der Waals surface area contributed by atoms with E-state index in [1.165, 1.54) is 12.1 Å². The summed E-state index contributed by atoms with van der Waals surface area (Å²) in [5.41, 5.74) is 15.7. The van der Waals surface area contributed by atoms with E-state index >= 15 is 0 Å². The molecular formula is C25H25F3N2. The van der Waals surface area contributed by atoms with Gasteiger partial charge in [-0.2, -0.15) is 13.2 Å². The molecule has 5 heteroatoms. The van der Waals surface area contributed by atoms with Gasteiger partial charge in [0.15, 0.2) is 0 Å². The van der Waals surface area contributed by atoms with Gasteiger partial charge in [-0.15, -0.1) is 0 Å². The Balaban J connectivity index is 1.78. The smallest absolute Gasteiger partial charge is 0.398 e. The topological polar surface area (TPSA) is 52.0 Å². The van der Waals surface area contributed by atoms with Gasteiger partial charge in [0.25, 0.3) is 0 Å². The Labute approximate surface area is 174 Å². The summed E-state index contributed by atoms with van der Waals surface area (Å²) in [5, 5.41) is 0. The normalized spacial score (nSPS) is 22.0. The maximum absolute atomic E-state index is 13.7. The maximum atomic E-state index is 13.7. The molecule has 3 aromatic carbocycles. The Bertz CT molecular complexity index is 975.